The van der Waals surface area contributed by atoms with Gasteiger partial charge in [-0.3, -0.25) is 9.78 Å². The molecular weight excluding hydrogens is 288 g/mol. The number of hydrogen-bond acceptors (Lipinski definition) is 6. The number of nitrogens with one attached hydrogen (secondary N) is 1. The normalized spacial score (nSPS) is 12.5. The summed E-state index contributed by atoms with van der Waals surface area (Å²) >= 11 is 0. The molecule has 0 aliphatic rings. The van der Waals surface area contributed by atoms with E-state index in [0.717, 1.165) is 12.8 Å². The van der Waals surface area contributed by atoms with E-state index in [-0.39, 0.29) is 23.7 Å². The fraction of sp³-hybridized carbons (Fsp3) is 0.533. The van der Waals surface area contributed by atoms with E-state index in [4.69, 9.17) is 9.15 Å². The van der Waals surface area contributed by atoms with E-state index >= 15 is 0 Å². The first-order chi connectivity index (χ1) is 10.5. The molecule has 22 heavy (non-hydrogen) atoms. The lowest BCUT2D eigenvalue weighted by Crippen LogP contribution is -2.20. The number of fused-ring (bicyclic) bond motifs is 1. The minimum Gasteiger partial charge on any atom is -0.462 e. The van der Waals surface area contributed by atoms with Crippen LogP contribution in [0, 0.1) is 0 Å². The predicted molar refractivity (Wildman–Crippen MR) is 81.3 cm³/mol. The molecule has 2 aromatic heterocycles. The van der Waals surface area contributed by atoms with Crippen molar-refractivity contribution in [1.29, 1.82) is 0 Å². The standard InChI is InChI=1S/C15H20N2O5/c1-3-5-6-9-7-11(19)22-14-12(9)13(20)16-15(17-14)21-8-10(18)4-2/h7,10,18H,3-6,8H2,1-2H3,(H,16,17,20). The van der Waals surface area contributed by atoms with Crippen LogP contribution in [-0.2, 0) is 6.42 Å². The number of unbranched alkanes of at least 4 members (excludes halogenated alkanes) is 1. The molecular formula is C15H20N2O5. The minimum absolute atomic E-state index is 0.00467. The zero-order valence-corrected chi connectivity index (χ0v) is 12.7. The number of aromatic nitrogens is 2. The molecule has 2 heterocycles. The van der Waals surface area contributed by atoms with Crippen LogP contribution in [0.3, 0.4) is 0 Å². The van der Waals surface area contributed by atoms with Crippen molar-refractivity contribution in [1.82, 2.24) is 9.97 Å². The Morgan fingerprint density at radius 3 is 2.86 bits per heavy atom. The quantitative estimate of drug-likeness (QED) is 0.800. The van der Waals surface area contributed by atoms with Gasteiger partial charge in [0.25, 0.3) is 11.6 Å². The van der Waals surface area contributed by atoms with Gasteiger partial charge in [-0.15, -0.1) is 0 Å². The summed E-state index contributed by atoms with van der Waals surface area (Å²) in [6.45, 7) is 3.84. The van der Waals surface area contributed by atoms with Gasteiger partial charge in [0.15, 0.2) is 0 Å². The number of aryl methyl sites for hydroxylation is 1. The van der Waals surface area contributed by atoms with E-state index in [2.05, 4.69) is 9.97 Å². The summed E-state index contributed by atoms with van der Waals surface area (Å²) < 4.78 is 10.2. The molecule has 7 heteroatoms. The first-order valence-corrected chi connectivity index (χ1v) is 7.43. The molecule has 0 aromatic carbocycles. The number of rotatable bonds is 7. The van der Waals surface area contributed by atoms with Gasteiger partial charge >= 0.3 is 5.63 Å². The molecule has 0 bridgehead atoms. The second kappa shape index (κ2) is 7.22. The number of hydrogen-bond donors (Lipinski definition) is 2. The van der Waals surface area contributed by atoms with Gasteiger partial charge in [0, 0.05) is 6.07 Å². The van der Waals surface area contributed by atoms with Crippen LogP contribution in [0.2, 0.25) is 0 Å². The highest BCUT2D eigenvalue weighted by atomic mass is 16.5. The van der Waals surface area contributed by atoms with Crippen LogP contribution in [-0.4, -0.2) is 27.8 Å². The number of aliphatic hydroxyl groups is 1. The predicted octanol–water partition coefficient (Wildman–Crippen LogP) is 1.37. The summed E-state index contributed by atoms with van der Waals surface area (Å²) in [4.78, 5) is 30.3. The minimum atomic E-state index is -0.649. The maximum atomic E-state index is 12.2. The van der Waals surface area contributed by atoms with Crippen LogP contribution in [0.15, 0.2) is 20.1 Å². The van der Waals surface area contributed by atoms with Crippen molar-refractivity contribution in [2.24, 2.45) is 0 Å². The van der Waals surface area contributed by atoms with E-state index in [0.29, 0.717) is 18.4 Å². The third kappa shape index (κ3) is 3.73. The maximum Gasteiger partial charge on any atom is 0.337 e. The fourth-order valence-electron chi connectivity index (χ4n) is 2.05. The van der Waals surface area contributed by atoms with Crippen molar-refractivity contribution in [3.63, 3.8) is 0 Å². The SMILES string of the molecule is CCCCc1cc(=O)oc2nc(OCC(O)CC)[nH]c(=O)c12. The van der Waals surface area contributed by atoms with Gasteiger partial charge in [-0.05, 0) is 24.8 Å². The van der Waals surface area contributed by atoms with Crippen molar-refractivity contribution in [2.75, 3.05) is 6.61 Å². The lowest BCUT2D eigenvalue weighted by molar-refractivity contribution is 0.0988. The highest BCUT2D eigenvalue weighted by molar-refractivity contribution is 5.75. The zero-order chi connectivity index (χ0) is 16.1. The van der Waals surface area contributed by atoms with Crippen molar-refractivity contribution in [3.8, 4) is 6.01 Å². The largest absolute Gasteiger partial charge is 0.462 e. The summed E-state index contributed by atoms with van der Waals surface area (Å²) in [5.74, 6) is 0. The van der Waals surface area contributed by atoms with E-state index in [9.17, 15) is 14.7 Å². The van der Waals surface area contributed by atoms with Crippen LogP contribution in [0.5, 0.6) is 6.01 Å². The molecule has 2 rings (SSSR count). The second-order valence-corrected chi connectivity index (χ2v) is 5.12. The Hall–Kier alpha value is -2.15. The Kier molecular flexibility index (Phi) is 5.32. The number of nitrogens with zero attached hydrogens (tertiary/aromatic N) is 1. The van der Waals surface area contributed by atoms with E-state index in [1.54, 1.807) is 0 Å². The lowest BCUT2D eigenvalue weighted by Gasteiger charge is -2.09. The summed E-state index contributed by atoms with van der Waals surface area (Å²) in [7, 11) is 0. The molecule has 2 N–H and O–H groups in total. The topological polar surface area (TPSA) is 105 Å². The molecule has 0 radical (unpaired) electrons. The Bertz CT molecular complexity index is 750. The third-order valence-electron chi connectivity index (χ3n) is 3.36. The van der Waals surface area contributed by atoms with Crippen molar-refractivity contribution in [2.45, 2.75) is 45.6 Å². The molecule has 7 nitrogen and oxygen atoms in total. The molecule has 0 saturated heterocycles. The maximum absolute atomic E-state index is 12.2. The number of aliphatic hydroxyl groups excluding tert-OH is 1. The van der Waals surface area contributed by atoms with E-state index in [1.165, 1.54) is 6.07 Å². The molecule has 0 amide bonds. The second-order valence-electron chi connectivity index (χ2n) is 5.12. The Morgan fingerprint density at radius 1 is 1.41 bits per heavy atom. The lowest BCUT2D eigenvalue weighted by atomic mass is 10.1. The Morgan fingerprint density at radius 2 is 2.18 bits per heavy atom. The van der Waals surface area contributed by atoms with Crippen molar-refractivity contribution >= 4 is 11.1 Å². The Labute approximate surface area is 127 Å². The highest BCUT2D eigenvalue weighted by Crippen LogP contribution is 2.15. The summed E-state index contributed by atoms with van der Waals surface area (Å²) in [6.07, 6.45) is 2.29. The monoisotopic (exact) mass is 308 g/mol. The summed E-state index contributed by atoms with van der Waals surface area (Å²) in [5, 5.41) is 9.74. The van der Waals surface area contributed by atoms with Crippen LogP contribution >= 0.6 is 0 Å². The first-order valence-electron chi connectivity index (χ1n) is 7.43. The molecule has 0 aliphatic carbocycles. The molecule has 0 aliphatic heterocycles. The van der Waals surface area contributed by atoms with Crippen LogP contribution in [0.1, 0.15) is 38.7 Å². The van der Waals surface area contributed by atoms with Gasteiger partial charge in [0.2, 0.25) is 5.71 Å². The smallest absolute Gasteiger partial charge is 0.337 e. The number of ether oxygens (including phenoxy) is 1. The summed E-state index contributed by atoms with van der Waals surface area (Å²) in [5.41, 5.74) is -0.373. The molecule has 1 unspecified atom stereocenters. The van der Waals surface area contributed by atoms with Gasteiger partial charge < -0.3 is 14.3 Å². The fourth-order valence-corrected chi connectivity index (χ4v) is 2.05. The number of H-pyrrole nitrogens is 1. The van der Waals surface area contributed by atoms with E-state index < -0.39 is 17.3 Å². The highest BCUT2D eigenvalue weighted by Gasteiger charge is 2.13. The van der Waals surface area contributed by atoms with Gasteiger partial charge in [0.1, 0.15) is 12.0 Å². The van der Waals surface area contributed by atoms with Crippen molar-refractivity contribution in [3.05, 3.63) is 32.4 Å². The van der Waals surface area contributed by atoms with Crippen molar-refractivity contribution < 1.29 is 14.3 Å². The molecule has 120 valence electrons. The molecule has 0 spiro atoms. The zero-order valence-electron chi connectivity index (χ0n) is 12.7. The average Bonchev–Trinajstić information content (AvgIpc) is 2.49. The molecule has 2 aromatic rings. The number of aromatic amines is 1. The van der Waals surface area contributed by atoms with Gasteiger partial charge in [-0.25, -0.2) is 4.79 Å². The third-order valence-corrected chi connectivity index (χ3v) is 3.36. The van der Waals surface area contributed by atoms with Gasteiger partial charge in [-0.2, -0.15) is 4.98 Å². The first kappa shape index (κ1) is 16.2. The van der Waals surface area contributed by atoms with Gasteiger partial charge in [-0.1, -0.05) is 20.3 Å². The molecule has 0 saturated carbocycles. The summed E-state index contributed by atoms with van der Waals surface area (Å²) in [6, 6.07) is 1.26. The van der Waals surface area contributed by atoms with E-state index in [1.807, 2.05) is 13.8 Å². The van der Waals surface area contributed by atoms with Crippen LogP contribution < -0.4 is 15.9 Å². The molecule has 0 fully saturated rings. The van der Waals surface area contributed by atoms with Crippen LogP contribution in [0.25, 0.3) is 11.1 Å². The molecule has 1 atom stereocenters. The Balaban J connectivity index is 2.42. The van der Waals surface area contributed by atoms with Crippen LogP contribution in [0.4, 0.5) is 0 Å². The average molecular weight is 308 g/mol. The van der Waals surface area contributed by atoms with Gasteiger partial charge in [0.05, 0.1) is 6.10 Å².